The van der Waals surface area contributed by atoms with Gasteiger partial charge >= 0.3 is 6.03 Å². The lowest BCUT2D eigenvalue weighted by Crippen LogP contribution is -2.54. The molecule has 0 unspecified atom stereocenters. The van der Waals surface area contributed by atoms with Crippen LogP contribution in [0.1, 0.15) is 55.2 Å². The van der Waals surface area contributed by atoms with Crippen LogP contribution in [0.5, 0.6) is 0 Å². The average molecular weight is 394 g/mol. The normalized spacial score (nSPS) is 27.7. The maximum Gasteiger partial charge on any atom is 0.322 e. The Balaban J connectivity index is 1.24. The number of halogens is 1. The number of fused-ring (bicyclic) bond motifs is 4. The van der Waals surface area contributed by atoms with E-state index in [4.69, 9.17) is 0 Å². The van der Waals surface area contributed by atoms with Gasteiger partial charge in [-0.15, -0.1) is 0 Å². The lowest BCUT2D eigenvalue weighted by Gasteiger charge is -2.54. The number of amides is 2. The summed E-state index contributed by atoms with van der Waals surface area (Å²) in [4.78, 5) is 14.4. The van der Waals surface area contributed by atoms with Gasteiger partial charge in [-0.05, 0) is 91.9 Å². The SMILES string of the molecule is CNC12CCC(c3ccc(NC(=O)N4Cc5ccc(F)cc5C4)cc3)(CC1)CC2. The minimum Gasteiger partial charge on any atom is -0.316 e. The van der Waals surface area contributed by atoms with Crippen LogP contribution in [-0.4, -0.2) is 23.5 Å². The van der Waals surface area contributed by atoms with Gasteiger partial charge in [0.25, 0.3) is 0 Å². The molecule has 2 bridgehead atoms. The smallest absolute Gasteiger partial charge is 0.316 e. The molecule has 0 radical (unpaired) electrons. The molecule has 3 saturated carbocycles. The number of hydrogen-bond acceptors (Lipinski definition) is 2. The molecule has 3 fully saturated rings. The summed E-state index contributed by atoms with van der Waals surface area (Å²) < 4.78 is 13.4. The van der Waals surface area contributed by atoms with Crippen molar-refractivity contribution in [3.05, 3.63) is 65.0 Å². The molecule has 5 heteroatoms. The lowest BCUT2D eigenvalue weighted by atomic mass is 9.55. The first-order chi connectivity index (χ1) is 14.0. The molecule has 2 amide bonds. The summed E-state index contributed by atoms with van der Waals surface area (Å²) in [6, 6.07) is 13.1. The number of benzene rings is 2. The molecule has 29 heavy (non-hydrogen) atoms. The highest BCUT2D eigenvalue weighted by Gasteiger charge is 2.48. The van der Waals surface area contributed by atoms with E-state index in [0.29, 0.717) is 24.0 Å². The van der Waals surface area contributed by atoms with Gasteiger partial charge < -0.3 is 15.5 Å². The third kappa shape index (κ3) is 3.21. The second-order valence-electron chi connectivity index (χ2n) is 9.09. The van der Waals surface area contributed by atoms with E-state index >= 15 is 0 Å². The van der Waals surface area contributed by atoms with Gasteiger partial charge in [-0.3, -0.25) is 0 Å². The molecule has 4 nitrogen and oxygen atoms in total. The molecular weight excluding hydrogens is 365 g/mol. The second-order valence-corrected chi connectivity index (χ2v) is 9.09. The first-order valence-electron chi connectivity index (χ1n) is 10.6. The number of urea groups is 1. The first kappa shape index (κ1) is 18.6. The third-order valence-electron chi connectivity index (χ3n) is 7.70. The highest BCUT2D eigenvalue weighted by molar-refractivity contribution is 5.89. The van der Waals surface area contributed by atoms with Crippen LogP contribution in [0.25, 0.3) is 0 Å². The first-order valence-corrected chi connectivity index (χ1v) is 10.6. The van der Waals surface area contributed by atoms with Crippen molar-refractivity contribution in [1.29, 1.82) is 0 Å². The Morgan fingerprint density at radius 2 is 1.59 bits per heavy atom. The zero-order valence-corrected chi connectivity index (χ0v) is 16.9. The summed E-state index contributed by atoms with van der Waals surface area (Å²) >= 11 is 0. The summed E-state index contributed by atoms with van der Waals surface area (Å²) in [5, 5.41) is 6.57. The average Bonchev–Trinajstić information content (AvgIpc) is 3.19. The zero-order valence-electron chi connectivity index (χ0n) is 16.9. The number of rotatable bonds is 3. The number of nitrogens with zero attached hydrogens (tertiary/aromatic N) is 1. The van der Waals surface area contributed by atoms with Crippen molar-refractivity contribution in [2.75, 3.05) is 12.4 Å². The largest absolute Gasteiger partial charge is 0.322 e. The maximum absolute atomic E-state index is 13.4. The van der Waals surface area contributed by atoms with Gasteiger partial charge in [0.15, 0.2) is 0 Å². The Bertz CT molecular complexity index is 915. The highest BCUT2D eigenvalue weighted by Crippen LogP contribution is 2.53. The quantitative estimate of drug-likeness (QED) is 0.776. The number of carbonyl (C=O) groups excluding carboxylic acids is 1. The van der Waals surface area contributed by atoms with E-state index in [1.807, 2.05) is 12.1 Å². The highest BCUT2D eigenvalue weighted by atomic mass is 19.1. The molecule has 152 valence electrons. The van der Waals surface area contributed by atoms with Crippen molar-refractivity contribution in [2.45, 2.75) is 62.6 Å². The van der Waals surface area contributed by atoms with E-state index < -0.39 is 0 Å². The molecule has 3 aliphatic carbocycles. The van der Waals surface area contributed by atoms with Gasteiger partial charge in [0.1, 0.15) is 5.82 Å². The molecule has 0 aromatic heterocycles. The molecule has 0 saturated heterocycles. The number of anilines is 1. The minimum absolute atomic E-state index is 0.137. The van der Waals surface area contributed by atoms with E-state index in [1.54, 1.807) is 11.0 Å². The molecule has 2 aromatic rings. The molecule has 4 aliphatic rings. The van der Waals surface area contributed by atoms with Gasteiger partial charge in [0, 0.05) is 24.3 Å². The second kappa shape index (κ2) is 6.84. The monoisotopic (exact) mass is 393 g/mol. The number of nitrogens with one attached hydrogen (secondary N) is 2. The molecule has 2 N–H and O–H groups in total. The topological polar surface area (TPSA) is 44.4 Å². The fourth-order valence-corrected chi connectivity index (χ4v) is 5.61. The zero-order chi connectivity index (χ0) is 20.1. The third-order valence-corrected chi connectivity index (χ3v) is 7.70. The van der Waals surface area contributed by atoms with Gasteiger partial charge in [0.2, 0.25) is 0 Å². The van der Waals surface area contributed by atoms with Crippen LogP contribution in [0.4, 0.5) is 14.9 Å². The Morgan fingerprint density at radius 3 is 2.24 bits per heavy atom. The Hall–Kier alpha value is -2.40. The van der Waals surface area contributed by atoms with Crippen LogP contribution in [0.2, 0.25) is 0 Å². The van der Waals surface area contributed by atoms with Crippen molar-refractivity contribution >= 4 is 11.7 Å². The molecule has 0 spiro atoms. The van der Waals surface area contributed by atoms with Crippen LogP contribution in [0.3, 0.4) is 0 Å². The Kier molecular flexibility index (Phi) is 4.39. The molecule has 1 aliphatic heterocycles. The lowest BCUT2D eigenvalue weighted by molar-refractivity contribution is 0.0835. The molecular formula is C24H28FN3O. The standard InChI is InChI=1S/C24H28FN3O/c1-26-24-11-8-23(9-12-24,10-13-24)19-3-6-21(7-4-19)27-22(29)28-15-17-2-5-20(25)14-18(17)16-28/h2-7,14,26H,8-13,15-16H2,1H3,(H,27,29). The van der Waals surface area contributed by atoms with Crippen molar-refractivity contribution < 1.29 is 9.18 Å². The van der Waals surface area contributed by atoms with Crippen molar-refractivity contribution in [1.82, 2.24) is 10.2 Å². The van der Waals surface area contributed by atoms with Crippen LogP contribution in [-0.2, 0) is 18.5 Å². The Labute approximate surface area is 171 Å². The minimum atomic E-state index is -0.252. The van der Waals surface area contributed by atoms with Crippen LogP contribution in [0, 0.1) is 5.82 Å². The van der Waals surface area contributed by atoms with E-state index in [9.17, 15) is 9.18 Å². The van der Waals surface area contributed by atoms with E-state index in [2.05, 4.69) is 29.8 Å². The van der Waals surface area contributed by atoms with Gasteiger partial charge in [-0.1, -0.05) is 18.2 Å². The van der Waals surface area contributed by atoms with Crippen LogP contribution >= 0.6 is 0 Å². The summed E-state index contributed by atoms with van der Waals surface area (Å²) in [7, 11) is 2.10. The number of carbonyl (C=O) groups is 1. The van der Waals surface area contributed by atoms with Gasteiger partial charge in [0.05, 0.1) is 0 Å². The maximum atomic E-state index is 13.4. The fourth-order valence-electron chi connectivity index (χ4n) is 5.61. The van der Waals surface area contributed by atoms with Crippen LogP contribution < -0.4 is 10.6 Å². The summed E-state index contributed by atoms with van der Waals surface area (Å²) in [6.07, 6.45) is 7.46. The summed E-state index contributed by atoms with van der Waals surface area (Å²) in [5.74, 6) is -0.252. The predicted molar refractivity (Wildman–Crippen MR) is 112 cm³/mol. The van der Waals surface area contributed by atoms with E-state index in [0.717, 1.165) is 16.8 Å². The summed E-state index contributed by atoms with van der Waals surface area (Å²) in [6.45, 7) is 0.975. The molecule has 2 aromatic carbocycles. The summed E-state index contributed by atoms with van der Waals surface area (Å²) in [5.41, 5.74) is 4.80. The molecule has 6 rings (SSSR count). The number of hydrogen-bond donors (Lipinski definition) is 2. The van der Waals surface area contributed by atoms with Crippen molar-refractivity contribution in [2.24, 2.45) is 0 Å². The van der Waals surface area contributed by atoms with Crippen molar-refractivity contribution in [3.63, 3.8) is 0 Å². The molecule has 0 atom stereocenters. The fraction of sp³-hybridized carbons (Fsp3) is 0.458. The van der Waals surface area contributed by atoms with E-state index in [-0.39, 0.29) is 11.8 Å². The molecule has 1 heterocycles. The Morgan fingerprint density at radius 1 is 0.931 bits per heavy atom. The van der Waals surface area contributed by atoms with Crippen molar-refractivity contribution in [3.8, 4) is 0 Å². The van der Waals surface area contributed by atoms with Gasteiger partial charge in [-0.2, -0.15) is 0 Å². The van der Waals surface area contributed by atoms with Crippen LogP contribution in [0.15, 0.2) is 42.5 Å². The van der Waals surface area contributed by atoms with E-state index in [1.165, 1.54) is 56.2 Å². The van der Waals surface area contributed by atoms with Gasteiger partial charge in [-0.25, -0.2) is 9.18 Å². The predicted octanol–water partition coefficient (Wildman–Crippen LogP) is 4.94.